The van der Waals surface area contributed by atoms with Crippen molar-refractivity contribution in [2.75, 3.05) is 7.11 Å². The van der Waals surface area contributed by atoms with E-state index in [1.54, 1.807) is 36.4 Å². The second kappa shape index (κ2) is 8.60. The highest BCUT2D eigenvalue weighted by molar-refractivity contribution is 6.35. The summed E-state index contributed by atoms with van der Waals surface area (Å²) in [4.78, 5) is 24.0. The summed E-state index contributed by atoms with van der Waals surface area (Å²) >= 11 is 11.8. The minimum absolute atomic E-state index is 0.286. The van der Waals surface area contributed by atoms with E-state index >= 15 is 0 Å². The van der Waals surface area contributed by atoms with Crippen molar-refractivity contribution in [2.45, 2.75) is 13.0 Å². The lowest BCUT2D eigenvalue weighted by Gasteiger charge is -2.16. The van der Waals surface area contributed by atoms with Gasteiger partial charge in [0.05, 0.1) is 12.1 Å². The monoisotopic (exact) mass is 382 g/mol. The van der Waals surface area contributed by atoms with Crippen molar-refractivity contribution >= 4 is 35.0 Å². The summed E-state index contributed by atoms with van der Waals surface area (Å²) in [5.41, 5.74) is 4.98. The van der Waals surface area contributed by atoms with E-state index in [4.69, 9.17) is 32.7 Å². The minimum atomic E-state index is -0.880. The molecule has 0 saturated heterocycles. The Bertz CT molecular complexity index is 766. The van der Waals surface area contributed by atoms with Crippen molar-refractivity contribution in [1.29, 1.82) is 0 Å². The molecule has 0 radical (unpaired) electrons. The van der Waals surface area contributed by atoms with Crippen molar-refractivity contribution in [2.24, 2.45) is 0 Å². The summed E-state index contributed by atoms with van der Waals surface area (Å²) in [6.45, 7) is 1.53. The van der Waals surface area contributed by atoms with Crippen LogP contribution in [0.5, 0.6) is 11.5 Å². The minimum Gasteiger partial charge on any atom is -0.497 e. The number of methoxy groups -OCH3 is 1. The maximum atomic E-state index is 12.0. The first-order valence-electron chi connectivity index (χ1n) is 7.26. The van der Waals surface area contributed by atoms with E-state index in [9.17, 15) is 9.59 Å². The van der Waals surface area contributed by atoms with Gasteiger partial charge in [-0.15, -0.1) is 0 Å². The number of rotatable bonds is 5. The van der Waals surface area contributed by atoms with Gasteiger partial charge in [-0.2, -0.15) is 0 Å². The Morgan fingerprint density at radius 2 is 1.72 bits per heavy atom. The first-order valence-corrected chi connectivity index (χ1v) is 8.02. The van der Waals surface area contributed by atoms with E-state index in [2.05, 4.69) is 10.9 Å². The fourth-order valence-electron chi connectivity index (χ4n) is 1.85. The average molecular weight is 383 g/mol. The van der Waals surface area contributed by atoms with Gasteiger partial charge in [-0.3, -0.25) is 20.4 Å². The van der Waals surface area contributed by atoms with Crippen LogP contribution in [0, 0.1) is 0 Å². The Labute approximate surface area is 155 Å². The topological polar surface area (TPSA) is 76.7 Å². The highest BCUT2D eigenvalue weighted by Crippen LogP contribution is 2.28. The zero-order chi connectivity index (χ0) is 18.4. The van der Waals surface area contributed by atoms with Crippen molar-refractivity contribution in [3.8, 4) is 11.5 Å². The number of amides is 2. The first-order chi connectivity index (χ1) is 11.9. The lowest BCUT2D eigenvalue weighted by Crippen LogP contribution is -2.47. The fourth-order valence-corrected chi connectivity index (χ4v) is 2.30. The summed E-state index contributed by atoms with van der Waals surface area (Å²) in [7, 11) is 1.53. The molecule has 0 aliphatic carbocycles. The molecule has 132 valence electrons. The Morgan fingerprint density at radius 3 is 2.32 bits per heavy atom. The smallest absolute Gasteiger partial charge is 0.279 e. The number of hydrazine groups is 1. The number of ether oxygens (including phenoxy) is 2. The molecule has 2 rings (SSSR count). The molecule has 2 aromatic carbocycles. The quantitative estimate of drug-likeness (QED) is 0.778. The highest BCUT2D eigenvalue weighted by Gasteiger charge is 2.17. The molecule has 6 nitrogen and oxygen atoms in total. The number of halogens is 2. The van der Waals surface area contributed by atoms with Gasteiger partial charge in [0.1, 0.15) is 11.5 Å². The standard InChI is InChI=1S/C17H16Cl2N2O4/c1-10(25-15-8-5-12(18)9-14(15)19)16(22)20-21-17(23)11-3-6-13(24-2)7-4-11/h3-10H,1-2H3,(H,20,22)(H,21,23)/t10-/m0/s1. The lowest BCUT2D eigenvalue weighted by atomic mass is 10.2. The van der Waals surface area contributed by atoms with Gasteiger partial charge in [0.25, 0.3) is 11.8 Å². The average Bonchev–Trinajstić information content (AvgIpc) is 2.61. The predicted octanol–water partition coefficient (Wildman–Crippen LogP) is 3.23. The van der Waals surface area contributed by atoms with Gasteiger partial charge < -0.3 is 9.47 Å². The summed E-state index contributed by atoms with van der Waals surface area (Å²) in [6, 6.07) is 11.1. The van der Waals surface area contributed by atoms with Crippen LogP contribution >= 0.6 is 23.2 Å². The van der Waals surface area contributed by atoms with Crippen LogP contribution in [0.25, 0.3) is 0 Å². The number of hydrogen-bond donors (Lipinski definition) is 2. The van der Waals surface area contributed by atoms with E-state index in [0.29, 0.717) is 22.1 Å². The van der Waals surface area contributed by atoms with Crippen LogP contribution in [-0.4, -0.2) is 25.0 Å². The second-order valence-electron chi connectivity index (χ2n) is 5.01. The molecule has 0 heterocycles. The summed E-state index contributed by atoms with van der Waals surface area (Å²) in [6.07, 6.45) is -0.880. The molecule has 0 aromatic heterocycles. The van der Waals surface area contributed by atoms with Gasteiger partial charge in [-0.1, -0.05) is 23.2 Å². The van der Waals surface area contributed by atoms with E-state index in [1.807, 2.05) is 0 Å². The van der Waals surface area contributed by atoms with Crippen LogP contribution in [-0.2, 0) is 4.79 Å². The normalized spacial score (nSPS) is 11.4. The van der Waals surface area contributed by atoms with Crippen LogP contribution in [0.4, 0.5) is 0 Å². The first kappa shape index (κ1) is 18.9. The molecule has 8 heteroatoms. The second-order valence-corrected chi connectivity index (χ2v) is 5.85. The number of carbonyl (C=O) groups excluding carboxylic acids is 2. The maximum absolute atomic E-state index is 12.0. The fraction of sp³-hybridized carbons (Fsp3) is 0.176. The molecule has 25 heavy (non-hydrogen) atoms. The van der Waals surface area contributed by atoms with Crippen LogP contribution < -0.4 is 20.3 Å². The molecule has 1 atom stereocenters. The number of nitrogens with one attached hydrogen (secondary N) is 2. The Balaban J connectivity index is 1.88. The van der Waals surface area contributed by atoms with Crippen molar-refractivity contribution in [3.05, 3.63) is 58.1 Å². The molecule has 2 N–H and O–H groups in total. The third-order valence-electron chi connectivity index (χ3n) is 3.22. The summed E-state index contributed by atoms with van der Waals surface area (Å²) in [5.74, 6) is -0.0572. The predicted molar refractivity (Wildman–Crippen MR) is 95.2 cm³/mol. The molecule has 0 aliphatic heterocycles. The third kappa shape index (κ3) is 5.27. The molecule has 0 saturated carbocycles. The molecule has 0 spiro atoms. The highest BCUT2D eigenvalue weighted by atomic mass is 35.5. The van der Waals surface area contributed by atoms with Gasteiger partial charge in [0.2, 0.25) is 0 Å². The summed E-state index contributed by atoms with van der Waals surface area (Å²) < 4.78 is 10.5. The van der Waals surface area contributed by atoms with Gasteiger partial charge in [-0.25, -0.2) is 0 Å². The third-order valence-corrected chi connectivity index (χ3v) is 3.75. The van der Waals surface area contributed by atoms with E-state index in [1.165, 1.54) is 20.1 Å². The number of carbonyl (C=O) groups is 2. The zero-order valence-electron chi connectivity index (χ0n) is 13.5. The molecule has 0 unspecified atom stereocenters. The number of hydrogen-bond acceptors (Lipinski definition) is 4. The van der Waals surface area contributed by atoms with Gasteiger partial charge in [-0.05, 0) is 49.4 Å². The van der Waals surface area contributed by atoms with Crippen LogP contribution in [0.1, 0.15) is 17.3 Å². The Hall–Kier alpha value is -2.44. The largest absolute Gasteiger partial charge is 0.497 e. The molecule has 0 bridgehead atoms. The SMILES string of the molecule is COc1ccc(C(=O)NNC(=O)[C@H](C)Oc2ccc(Cl)cc2Cl)cc1. The van der Waals surface area contributed by atoms with Crippen molar-refractivity contribution in [1.82, 2.24) is 10.9 Å². The lowest BCUT2D eigenvalue weighted by molar-refractivity contribution is -0.128. The van der Waals surface area contributed by atoms with Crippen LogP contribution in [0.15, 0.2) is 42.5 Å². The van der Waals surface area contributed by atoms with E-state index in [-0.39, 0.29) is 5.02 Å². The molecule has 2 aromatic rings. The van der Waals surface area contributed by atoms with Crippen LogP contribution in [0.2, 0.25) is 10.0 Å². The Morgan fingerprint density at radius 1 is 1.04 bits per heavy atom. The van der Waals surface area contributed by atoms with Gasteiger partial charge >= 0.3 is 0 Å². The molecule has 0 fully saturated rings. The number of benzene rings is 2. The Kier molecular flexibility index (Phi) is 6.50. The molecule has 0 aliphatic rings. The summed E-state index contributed by atoms with van der Waals surface area (Å²) in [5, 5.41) is 0.746. The van der Waals surface area contributed by atoms with Crippen molar-refractivity contribution in [3.63, 3.8) is 0 Å². The van der Waals surface area contributed by atoms with Crippen LogP contribution in [0.3, 0.4) is 0 Å². The molecular weight excluding hydrogens is 367 g/mol. The maximum Gasteiger partial charge on any atom is 0.279 e. The van der Waals surface area contributed by atoms with E-state index < -0.39 is 17.9 Å². The van der Waals surface area contributed by atoms with Gasteiger partial charge in [0, 0.05) is 10.6 Å². The van der Waals surface area contributed by atoms with Gasteiger partial charge in [0.15, 0.2) is 6.10 Å². The van der Waals surface area contributed by atoms with Crippen molar-refractivity contribution < 1.29 is 19.1 Å². The molecular formula is C17H16Cl2N2O4. The molecule has 2 amide bonds. The zero-order valence-corrected chi connectivity index (χ0v) is 15.0. The van der Waals surface area contributed by atoms with E-state index in [0.717, 1.165) is 0 Å².